The first-order valence-electron chi connectivity index (χ1n) is 5.67. The van der Waals surface area contributed by atoms with Crippen molar-refractivity contribution < 1.29 is 0 Å². The fraction of sp³-hybridized carbons (Fsp3) is 0.429. The van der Waals surface area contributed by atoms with Gasteiger partial charge in [-0.2, -0.15) is 0 Å². The fourth-order valence-electron chi connectivity index (χ4n) is 1.53. The number of nitrogens with one attached hydrogen (secondary N) is 1. The molecule has 0 bridgehead atoms. The van der Waals surface area contributed by atoms with E-state index in [0.717, 1.165) is 18.7 Å². The lowest BCUT2D eigenvalue weighted by Gasteiger charge is -2.13. The normalized spacial score (nSPS) is 12.1. The van der Waals surface area contributed by atoms with E-state index in [1.165, 1.54) is 10.5 Å². The van der Waals surface area contributed by atoms with Crippen molar-refractivity contribution in [3.05, 3.63) is 29.8 Å². The van der Waals surface area contributed by atoms with E-state index in [4.69, 9.17) is 6.42 Å². The molecular formula is C14H19NS. The molecule has 0 saturated carbocycles. The molecule has 0 fully saturated rings. The predicted octanol–water partition coefficient (Wildman–Crippen LogP) is 3.47. The van der Waals surface area contributed by atoms with Gasteiger partial charge in [0.2, 0.25) is 0 Å². The van der Waals surface area contributed by atoms with Crippen molar-refractivity contribution in [2.75, 3.05) is 12.3 Å². The van der Waals surface area contributed by atoms with Gasteiger partial charge in [-0.25, -0.2) is 0 Å². The van der Waals surface area contributed by atoms with E-state index >= 15 is 0 Å². The van der Waals surface area contributed by atoms with Crippen molar-refractivity contribution in [3.8, 4) is 12.3 Å². The zero-order chi connectivity index (χ0) is 11.8. The molecule has 1 nitrogen and oxygen atoms in total. The Balaban J connectivity index is 2.60. The van der Waals surface area contributed by atoms with Crippen LogP contribution >= 0.6 is 11.8 Å². The Kier molecular flexibility index (Phi) is 6.07. The highest BCUT2D eigenvalue weighted by atomic mass is 32.2. The minimum absolute atomic E-state index is 0.415. The molecule has 1 aromatic carbocycles. The molecule has 0 spiro atoms. The van der Waals surface area contributed by atoms with Crippen molar-refractivity contribution in [2.45, 2.75) is 31.2 Å². The quantitative estimate of drug-likeness (QED) is 0.459. The Morgan fingerprint density at radius 2 is 2.31 bits per heavy atom. The first-order chi connectivity index (χ1) is 7.77. The highest BCUT2D eigenvalue weighted by Gasteiger charge is 2.03. The summed E-state index contributed by atoms with van der Waals surface area (Å²) in [5.41, 5.74) is 1.34. The molecule has 2 heteroatoms. The Labute approximate surface area is 103 Å². The molecule has 0 aliphatic rings. The largest absolute Gasteiger partial charge is 0.310 e. The van der Waals surface area contributed by atoms with Gasteiger partial charge in [0.1, 0.15) is 0 Å². The molecule has 1 rings (SSSR count). The molecule has 1 unspecified atom stereocenters. The van der Waals surface area contributed by atoms with Crippen LogP contribution in [-0.2, 0) is 0 Å². The van der Waals surface area contributed by atoms with Crippen LogP contribution in [0.25, 0.3) is 0 Å². The number of benzene rings is 1. The van der Waals surface area contributed by atoms with Gasteiger partial charge in [0, 0.05) is 23.1 Å². The molecule has 0 aliphatic carbocycles. The van der Waals surface area contributed by atoms with E-state index in [-0.39, 0.29) is 0 Å². The third-order valence-electron chi connectivity index (χ3n) is 2.38. The topological polar surface area (TPSA) is 12.0 Å². The van der Waals surface area contributed by atoms with Crippen LogP contribution in [0.1, 0.15) is 31.9 Å². The minimum Gasteiger partial charge on any atom is -0.310 e. The summed E-state index contributed by atoms with van der Waals surface area (Å²) in [4.78, 5) is 1.30. The van der Waals surface area contributed by atoms with Gasteiger partial charge in [0.25, 0.3) is 0 Å². The van der Waals surface area contributed by atoms with E-state index in [1.54, 1.807) is 0 Å². The summed E-state index contributed by atoms with van der Waals surface area (Å²) in [6.07, 6.45) is 6.07. The first kappa shape index (κ1) is 13.2. The van der Waals surface area contributed by atoms with Crippen LogP contribution in [0.4, 0.5) is 0 Å². The smallest absolute Gasteiger partial charge is 0.0292 e. The molecule has 1 aromatic rings. The maximum Gasteiger partial charge on any atom is 0.0292 e. The van der Waals surface area contributed by atoms with Crippen molar-refractivity contribution in [1.82, 2.24) is 5.32 Å². The maximum atomic E-state index is 5.24. The van der Waals surface area contributed by atoms with Crippen LogP contribution in [0, 0.1) is 12.3 Å². The van der Waals surface area contributed by atoms with Gasteiger partial charge in [0.05, 0.1) is 0 Å². The number of hydrogen-bond acceptors (Lipinski definition) is 2. The van der Waals surface area contributed by atoms with Crippen LogP contribution in [0.3, 0.4) is 0 Å². The summed E-state index contributed by atoms with van der Waals surface area (Å²) >= 11 is 1.82. The fourth-order valence-corrected chi connectivity index (χ4v) is 2.38. The minimum atomic E-state index is 0.415. The molecule has 86 valence electrons. The zero-order valence-corrected chi connectivity index (χ0v) is 10.8. The molecule has 16 heavy (non-hydrogen) atoms. The Morgan fingerprint density at radius 3 is 3.00 bits per heavy atom. The molecular weight excluding hydrogens is 214 g/mol. The van der Waals surface area contributed by atoms with E-state index in [2.05, 4.69) is 49.4 Å². The third kappa shape index (κ3) is 4.30. The van der Waals surface area contributed by atoms with Crippen molar-refractivity contribution in [2.24, 2.45) is 0 Å². The van der Waals surface area contributed by atoms with Crippen molar-refractivity contribution in [1.29, 1.82) is 0 Å². The standard InChI is InChI=1S/C14H19NS/c1-4-6-10-16-14-9-7-8-13(11-14)12(3)15-5-2/h1,7-9,11-12,15H,5-6,10H2,2-3H3. The van der Waals surface area contributed by atoms with Crippen LogP contribution in [0.5, 0.6) is 0 Å². The number of terminal acetylenes is 1. The van der Waals surface area contributed by atoms with E-state index in [9.17, 15) is 0 Å². The highest BCUT2D eigenvalue weighted by Crippen LogP contribution is 2.22. The summed E-state index contributed by atoms with van der Waals surface area (Å²) in [5.74, 6) is 3.66. The molecule has 0 amide bonds. The SMILES string of the molecule is C#CCCSc1cccc(C(C)NCC)c1. The third-order valence-corrected chi connectivity index (χ3v) is 3.38. The van der Waals surface area contributed by atoms with Gasteiger partial charge >= 0.3 is 0 Å². The summed E-state index contributed by atoms with van der Waals surface area (Å²) in [6, 6.07) is 9.08. The lowest BCUT2D eigenvalue weighted by atomic mass is 10.1. The molecule has 1 atom stereocenters. The van der Waals surface area contributed by atoms with Gasteiger partial charge in [0.15, 0.2) is 0 Å². The lowest BCUT2D eigenvalue weighted by molar-refractivity contribution is 0.597. The van der Waals surface area contributed by atoms with Crippen LogP contribution in [-0.4, -0.2) is 12.3 Å². The molecule has 0 radical (unpaired) electrons. The summed E-state index contributed by atoms with van der Waals surface area (Å²) in [7, 11) is 0. The van der Waals surface area contributed by atoms with E-state index in [1.807, 2.05) is 11.8 Å². The average molecular weight is 233 g/mol. The van der Waals surface area contributed by atoms with Crippen LogP contribution < -0.4 is 5.32 Å². The van der Waals surface area contributed by atoms with Gasteiger partial charge in [-0.15, -0.1) is 24.1 Å². The van der Waals surface area contributed by atoms with Gasteiger partial charge in [-0.05, 0) is 31.2 Å². The maximum absolute atomic E-state index is 5.24. The summed E-state index contributed by atoms with van der Waals surface area (Å²) < 4.78 is 0. The Morgan fingerprint density at radius 1 is 1.50 bits per heavy atom. The average Bonchev–Trinajstić information content (AvgIpc) is 2.30. The monoisotopic (exact) mass is 233 g/mol. The molecule has 0 heterocycles. The summed E-state index contributed by atoms with van der Waals surface area (Å²) in [5, 5.41) is 3.41. The predicted molar refractivity (Wildman–Crippen MR) is 72.7 cm³/mol. The second-order valence-electron chi connectivity index (χ2n) is 3.65. The second kappa shape index (κ2) is 7.38. The van der Waals surface area contributed by atoms with Gasteiger partial charge in [-0.3, -0.25) is 0 Å². The van der Waals surface area contributed by atoms with E-state index in [0.29, 0.717) is 6.04 Å². The van der Waals surface area contributed by atoms with Crippen LogP contribution in [0.15, 0.2) is 29.2 Å². The molecule has 1 N–H and O–H groups in total. The number of hydrogen-bond donors (Lipinski definition) is 1. The zero-order valence-electron chi connectivity index (χ0n) is 9.99. The van der Waals surface area contributed by atoms with Gasteiger partial charge < -0.3 is 5.32 Å². The molecule has 0 aliphatic heterocycles. The van der Waals surface area contributed by atoms with Gasteiger partial charge in [-0.1, -0.05) is 19.1 Å². The molecule has 0 saturated heterocycles. The molecule has 0 aromatic heterocycles. The number of rotatable bonds is 6. The highest BCUT2D eigenvalue weighted by molar-refractivity contribution is 7.99. The Bertz CT molecular complexity index is 354. The van der Waals surface area contributed by atoms with Crippen LogP contribution in [0.2, 0.25) is 0 Å². The van der Waals surface area contributed by atoms with Crippen molar-refractivity contribution in [3.63, 3.8) is 0 Å². The summed E-state index contributed by atoms with van der Waals surface area (Å²) in [6.45, 7) is 5.31. The number of thioether (sulfide) groups is 1. The Hall–Kier alpha value is -0.910. The van der Waals surface area contributed by atoms with Crippen molar-refractivity contribution >= 4 is 11.8 Å². The second-order valence-corrected chi connectivity index (χ2v) is 4.82. The lowest BCUT2D eigenvalue weighted by Crippen LogP contribution is -2.17. The first-order valence-corrected chi connectivity index (χ1v) is 6.66. The van der Waals surface area contributed by atoms with E-state index < -0.39 is 0 Å².